The minimum absolute atomic E-state index is 0.179. The van der Waals surface area contributed by atoms with Gasteiger partial charge in [0.15, 0.2) is 5.69 Å². The Hall–Kier alpha value is -4.25. The summed E-state index contributed by atoms with van der Waals surface area (Å²) in [5.41, 5.74) is 2.70. The molecule has 8 heteroatoms. The Bertz CT molecular complexity index is 1250. The quantitative estimate of drug-likeness (QED) is 0.427. The van der Waals surface area contributed by atoms with Crippen molar-refractivity contribution in [2.75, 3.05) is 4.90 Å². The number of nitrogens with one attached hydrogen (secondary N) is 1. The van der Waals surface area contributed by atoms with E-state index in [-0.39, 0.29) is 17.7 Å². The van der Waals surface area contributed by atoms with E-state index in [0.29, 0.717) is 22.6 Å². The lowest BCUT2D eigenvalue weighted by Gasteiger charge is -2.26. The highest BCUT2D eigenvalue weighted by molar-refractivity contribution is 6.09. The van der Waals surface area contributed by atoms with Crippen molar-refractivity contribution in [2.24, 2.45) is 0 Å². The fourth-order valence-electron chi connectivity index (χ4n) is 3.83. The minimum Gasteiger partial charge on any atom is -0.406 e. The average molecular weight is 463 g/mol. The molecule has 0 bridgehead atoms. The number of rotatable bonds is 6. The van der Waals surface area contributed by atoms with E-state index in [9.17, 15) is 18.0 Å². The van der Waals surface area contributed by atoms with Crippen molar-refractivity contribution in [3.05, 3.63) is 113 Å². The van der Waals surface area contributed by atoms with Gasteiger partial charge in [0.2, 0.25) is 0 Å². The SMILES string of the molecule is [C-]#[N+]c1ccc(N2C(=O)C(N[C@H](C)c3ccccc3)=C[C@H]2c2cccc(OC(F)(F)F)c2)cc1. The summed E-state index contributed by atoms with van der Waals surface area (Å²) in [5, 5.41) is 3.23. The first-order valence-electron chi connectivity index (χ1n) is 10.5. The topological polar surface area (TPSA) is 45.9 Å². The van der Waals surface area contributed by atoms with Crippen LogP contribution in [0.2, 0.25) is 0 Å². The fourth-order valence-corrected chi connectivity index (χ4v) is 3.83. The van der Waals surface area contributed by atoms with E-state index in [1.165, 1.54) is 23.1 Å². The predicted octanol–water partition coefficient (Wildman–Crippen LogP) is 6.46. The third-order valence-corrected chi connectivity index (χ3v) is 5.41. The second-order valence-electron chi connectivity index (χ2n) is 7.73. The number of amides is 1. The molecule has 1 amide bonds. The summed E-state index contributed by atoms with van der Waals surface area (Å²) in [6.45, 7) is 9.06. The van der Waals surface area contributed by atoms with E-state index < -0.39 is 12.4 Å². The standard InChI is InChI=1S/C26H20F3N3O2/c1-17(18-7-4-3-5-8-18)31-23-16-24(19-9-6-10-22(15-19)34-26(27,28)29)32(25(23)33)21-13-11-20(30-2)12-14-21/h3-17,24,31H,1H3/t17-,24+/m1/s1. The summed E-state index contributed by atoms with van der Waals surface area (Å²) in [5.74, 6) is -0.696. The number of carbonyl (C=O) groups is 1. The second kappa shape index (κ2) is 9.32. The highest BCUT2D eigenvalue weighted by atomic mass is 19.4. The van der Waals surface area contributed by atoms with Crippen LogP contribution in [0.3, 0.4) is 0 Å². The monoisotopic (exact) mass is 463 g/mol. The van der Waals surface area contributed by atoms with Crippen molar-refractivity contribution in [2.45, 2.75) is 25.4 Å². The van der Waals surface area contributed by atoms with E-state index >= 15 is 0 Å². The van der Waals surface area contributed by atoms with Crippen molar-refractivity contribution in [1.29, 1.82) is 0 Å². The van der Waals surface area contributed by atoms with Crippen LogP contribution in [0.15, 0.2) is 90.6 Å². The van der Waals surface area contributed by atoms with Crippen LogP contribution in [-0.2, 0) is 4.79 Å². The first-order chi connectivity index (χ1) is 16.2. The molecule has 172 valence electrons. The van der Waals surface area contributed by atoms with Gasteiger partial charge in [-0.25, -0.2) is 4.85 Å². The molecule has 0 aliphatic carbocycles. The summed E-state index contributed by atoms with van der Waals surface area (Å²) in [6.07, 6.45) is -3.13. The molecular weight excluding hydrogens is 443 g/mol. The lowest BCUT2D eigenvalue weighted by molar-refractivity contribution is -0.274. The molecule has 0 saturated carbocycles. The van der Waals surface area contributed by atoms with Gasteiger partial charge in [0, 0.05) is 11.7 Å². The number of hydrogen-bond donors (Lipinski definition) is 1. The Balaban J connectivity index is 1.70. The molecule has 2 atom stereocenters. The molecule has 1 aliphatic heterocycles. The largest absolute Gasteiger partial charge is 0.573 e. The summed E-state index contributed by atoms with van der Waals surface area (Å²) in [6, 6.07) is 20.8. The smallest absolute Gasteiger partial charge is 0.406 e. The number of halogens is 3. The summed E-state index contributed by atoms with van der Waals surface area (Å²) >= 11 is 0. The van der Waals surface area contributed by atoms with Gasteiger partial charge in [-0.2, -0.15) is 0 Å². The third-order valence-electron chi connectivity index (χ3n) is 5.41. The Morgan fingerprint density at radius 2 is 1.74 bits per heavy atom. The van der Waals surface area contributed by atoms with Gasteiger partial charge in [-0.05, 0) is 48.4 Å². The molecule has 0 spiro atoms. The maximum atomic E-state index is 13.4. The number of benzene rings is 3. The van der Waals surface area contributed by atoms with Gasteiger partial charge >= 0.3 is 6.36 Å². The molecule has 1 N–H and O–H groups in total. The number of ether oxygens (including phenoxy) is 1. The van der Waals surface area contributed by atoms with E-state index in [0.717, 1.165) is 5.56 Å². The van der Waals surface area contributed by atoms with Gasteiger partial charge in [0.1, 0.15) is 5.75 Å². The first-order valence-corrected chi connectivity index (χ1v) is 10.5. The predicted molar refractivity (Wildman–Crippen MR) is 122 cm³/mol. The van der Waals surface area contributed by atoms with Gasteiger partial charge < -0.3 is 10.1 Å². The van der Waals surface area contributed by atoms with Crippen LogP contribution < -0.4 is 15.0 Å². The Kier molecular flexibility index (Phi) is 6.28. The van der Waals surface area contributed by atoms with Crippen molar-refractivity contribution >= 4 is 17.3 Å². The highest BCUT2D eigenvalue weighted by Crippen LogP contribution is 2.38. The van der Waals surface area contributed by atoms with Crippen LogP contribution >= 0.6 is 0 Å². The molecule has 1 aliphatic rings. The van der Waals surface area contributed by atoms with Crippen LogP contribution in [0.1, 0.15) is 30.1 Å². The van der Waals surface area contributed by atoms with Crippen LogP contribution in [0.5, 0.6) is 5.75 Å². The summed E-state index contributed by atoms with van der Waals surface area (Å²) in [4.78, 5) is 18.3. The summed E-state index contributed by atoms with van der Waals surface area (Å²) < 4.78 is 42.4. The lowest BCUT2D eigenvalue weighted by Crippen LogP contribution is -2.33. The molecule has 0 unspecified atom stereocenters. The number of hydrogen-bond acceptors (Lipinski definition) is 3. The van der Waals surface area contributed by atoms with Crippen molar-refractivity contribution in [3.8, 4) is 5.75 Å². The zero-order chi connectivity index (χ0) is 24.3. The zero-order valence-electron chi connectivity index (χ0n) is 18.1. The van der Waals surface area contributed by atoms with Crippen LogP contribution in [0, 0.1) is 6.57 Å². The van der Waals surface area contributed by atoms with Gasteiger partial charge in [0.05, 0.1) is 18.3 Å². The molecule has 34 heavy (non-hydrogen) atoms. The molecule has 0 aromatic heterocycles. The number of alkyl halides is 3. The van der Waals surface area contributed by atoms with Gasteiger partial charge in [-0.15, -0.1) is 13.2 Å². The normalized spacial score (nSPS) is 16.6. The molecule has 1 heterocycles. The molecule has 0 radical (unpaired) electrons. The molecule has 0 fully saturated rings. The van der Waals surface area contributed by atoms with E-state index in [1.807, 2.05) is 37.3 Å². The fraction of sp³-hybridized carbons (Fsp3) is 0.154. The maximum absolute atomic E-state index is 13.4. The molecular formula is C26H20F3N3O2. The number of nitrogens with zero attached hydrogens (tertiary/aromatic N) is 2. The molecule has 4 rings (SSSR count). The van der Waals surface area contributed by atoms with E-state index in [2.05, 4.69) is 14.9 Å². The maximum Gasteiger partial charge on any atom is 0.573 e. The van der Waals surface area contributed by atoms with Gasteiger partial charge in [-0.3, -0.25) is 9.69 Å². The highest BCUT2D eigenvalue weighted by Gasteiger charge is 2.36. The number of carbonyl (C=O) groups excluding carboxylic acids is 1. The molecule has 3 aromatic rings. The van der Waals surface area contributed by atoms with Crippen molar-refractivity contribution in [3.63, 3.8) is 0 Å². The van der Waals surface area contributed by atoms with Crippen LogP contribution in [0.4, 0.5) is 24.5 Å². The van der Waals surface area contributed by atoms with E-state index in [1.54, 1.807) is 36.4 Å². The van der Waals surface area contributed by atoms with Crippen molar-refractivity contribution in [1.82, 2.24) is 5.32 Å². The molecule has 0 saturated heterocycles. The molecule has 3 aromatic carbocycles. The van der Waals surface area contributed by atoms with Gasteiger partial charge in [0.25, 0.3) is 5.91 Å². The van der Waals surface area contributed by atoms with Gasteiger partial charge in [-0.1, -0.05) is 54.6 Å². The minimum atomic E-state index is -4.83. The average Bonchev–Trinajstić information content (AvgIpc) is 3.14. The Morgan fingerprint density at radius 3 is 2.38 bits per heavy atom. The lowest BCUT2D eigenvalue weighted by atomic mass is 10.1. The van der Waals surface area contributed by atoms with Crippen LogP contribution in [-0.4, -0.2) is 12.3 Å². The number of anilines is 1. The van der Waals surface area contributed by atoms with Crippen LogP contribution in [0.25, 0.3) is 4.85 Å². The Labute approximate surface area is 194 Å². The molecule has 5 nitrogen and oxygen atoms in total. The second-order valence-corrected chi connectivity index (χ2v) is 7.73. The van der Waals surface area contributed by atoms with E-state index in [4.69, 9.17) is 6.57 Å². The third kappa shape index (κ3) is 5.04. The zero-order valence-corrected chi connectivity index (χ0v) is 18.1. The first kappa shape index (κ1) is 22.9. The Morgan fingerprint density at radius 1 is 1.03 bits per heavy atom. The summed E-state index contributed by atoms with van der Waals surface area (Å²) in [7, 11) is 0. The van der Waals surface area contributed by atoms with Crippen molar-refractivity contribution < 1.29 is 22.7 Å².